The monoisotopic (exact) mass is 1080 g/mol. The number of fused-ring (bicyclic) bond motifs is 1. The molecular formula is C57H77N11O8S. The summed E-state index contributed by atoms with van der Waals surface area (Å²) >= 11 is 1.58. The summed E-state index contributed by atoms with van der Waals surface area (Å²) in [6, 6.07) is 14.0. The van der Waals surface area contributed by atoms with Gasteiger partial charge in [0.25, 0.3) is 5.56 Å². The molecule has 1 aliphatic carbocycles. The number of aliphatic hydroxyl groups excluding tert-OH is 1. The predicted molar refractivity (Wildman–Crippen MR) is 300 cm³/mol. The molecule has 414 valence electrons. The summed E-state index contributed by atoms with van der Waals surface area (Å²) in [5.41, 5.74) is 7.17. The maximum atomic E-state index is 14.1. The zero-order valence-electron chi connectivity index (χ0n) is 45.7. The number of amides is 4. The second-order valence-corrected chi connectivity index (χ2v) is 22.6. The van der Waals surface area contributed by atoms with E-state index >= 15 is 0 Å². The van der Waals surface area contributed by atoms with E-state index in [0.717, 1.165) is 110 Å². The smallest absolute Gasteiger partial charge is 0.252 e. The molecule has 0 bridgehead atoms. The van der Waals surface area contributed by atoms with Crippen LogP contribution in [-0.4, -0.2) is 142 Å². The lowest BCUT2D eigenvalue weighted by atomic mass is 9.85. The number of aromatic nitrogens is 4. The third-order valence-electron chi connectivity index (χ3n) is 15.1. The fourth-order valence-corrected chi connectivity index (χ4v) is 11.5. The van der Waals surface area contributed by atoms with Crippen LogP contribution in [0.15, 0.2) is 65.0 Å². The number of carbonyl (C=O) groups is 4. The number of β-amino-alcohol motifs (C(OH)–C–C–N with tert-alkyl or cyclic N) is 1. The number of nitrogens with one attached hydrogen (secondary N) is 4. The van der Waals surface area contributed by atoms with Crippen molar-refractivity contribution in [3.63, 3.8) is 0 Å². The Balaban J connectivity index is 0.745. The summed E-state index contributed by atoms with van der Waals surface area (Å²) in [4.78, 5) is 87.5. The second-order valence-electron chi connectivity index (χ2n) is 21.7. The van der Waals surface area contributed by atoms with Gasteiger partial charge in [0.15, 0.2) is 0 Å². The van der Waals surface area contributed by atoms with Crippen molar-refractivity contribution in [2.75, 3.05) is 69.8 Å². The highest BCUT2D eigenvalue weighted by atomic mass is 32.1. The lowest BCUT2D eigenvalue weighted by molar-refractivity contribution is -0.144. The average molecular weight is 1080 g/mol. The van der Waals surface area contributed by atoms with E-state index in [2.05, 4.69) is 47.1 Å². The molecule has 2 saturated heterocycles. The molecule has 3 aliphatic rings. The van der Waals surface area contributed by atoms with Crippen molar-refractivity contribution < 1.29 is 33.8 Å². The van der Waals surface area contributed by atoms with E-state index in [4.69, 9.17) is 14.5 Å². The number of ether oxygens (including phenoxy) is 2. The van der Waals surface area contributed by atoms with Crippen LogP contribution in [0.4, 0.5) is 17.3 Å². The van der Waals surface area contributed by atoms with Gasteiger partial charge in [0, 0.05) is 107 Å². The van der Waals surface area contributed by atoms with Crippen LogP contribution in [0.2, 0.25) is 0 Å². The molecule has 0 radical (unpaired) electrons. The second kappa shape index (κ2) is 25.8. The van der Waals surface area contributed by atoms with E-state index in [1.807, 2.05) is 83.5 Å². The molecule has 8 rings (SSSR count). The Labute approximate surface area is 455 Å². The van der Waals surface area contributed by atoms with Gasteiger partial charge >= 0.3 is 0 Å². The predicted octanol–water partition coefficient (Wildman–Crippen LogP) is 6.41. The highest BCUT2D eigenvalue weighted by molar-refractivity contribution is 7.13. The average Bonchev–Trinajstić information content (AvgIpc) is 4.07. The number of unbranched alkanes of at least 4 members (excludes halogenated alkanes) is 1. The quantitative estimate of drug-likeness (QED) is 0.0501. The standard InChI is InChI=1S/C57H77N11O8S/c1-8-48(70)61-40-15-17-41(18-16-40)68-50(72)29-36(2)44-33-59-56(64-53(44)68)62-45-20-19-42(30-47(45)75-7)66-25-23-65(24-26-66)22-9-10-27-76-28-21-49(71)63-52(57(4,5)6)55(74)67-34-43(69)31-46(67)54(73)58-32-38-11-13-39(14-12-38)51-37(3)60-35-77-51/h11-14,19-20,29-30,33,35,40-41,43,46,52,69H,8-10,15-18,21-28,31-32,34H2,1-7H3,(H,58,73)(H,61,70)(H,63,71)(H,59,62,64)/t40?,41?,43-,46+,52-/m1/s1. The lowest BCUT2D eigenvalue weighted by Crippen LogP contribution is -2.57. The Morgan fingerprint density at radius 3 is 2.36 bits per heavy atom. The van der Waals surface area contributed by atoms with E-state index in [1.54, 1.807) is 35.3 Å². The van der Waals surface area contributed by atoms with Gasteiger partial charge in [0.2, 0.25) is 29.6 Å². The SMILES string of the molecule is CCC(=O)NC1CCC(n2c(=O)cc(C)c3cnc(Nc4ccc(N5CCN(CCCCOCCC(=O)N[C@H](C(=O)N6C[C@H](O)C[C@H]6C(=O)NCc6ccc(-c7scnc7C)cc6)C(C)(C)C)CC5)cc4OC)nc32)CC1. The minimum absolute atomic E-state index is 0.00716. The fourth-order valence-electron chi connectivity index (χ4n) is 10.6. The van der Waals surface area contributed by atoms with Gasteiger partial charge in [-0.1, -0.05) is 52.0 Å². The first-order valence-corrected chi connectivity index (χ1v) is 28.1. The van der Waals surface area contributed by atoms with Crippen molar-refractivity contribution in [2.45, 2.75) is 136 Å². The maximum absolute atomic E-state index is 14.1. The number of benzene rings is 2. The molecule has 3 atom stereocenters. The summed E-state index contributed by atoms with van der Waals surface area (Å²) in [5.74, 6) is 0.00295. The number of hydrogen-bond donors (Lipinski definition) is 5. The number of likely N-dealkylation sites (tertiary alicyclic amines) is 1. The maximum Gasteiger partial charge on any atom is 0.252 e. The van der Waals surface area contributed by atoms with Crippen molar-refractivity contribution in [3.05, 3.63) is 87.4 Å². The number of piperazine rings is 1. The molecule has 20 heteroatoms. The number of methoxy groups -OCH3 is 1. The zero-order valence-corrected chi connectivity index (χ0v) is 46.5. The highest BCUT2D eigenvalue weighted by Gasteiger charge is 2.44. The van der Waals surface area contributed by atoms with Crippen molar-refractivity contribution in [1.29, 1.82) is 0 Å². The van der Waals surface area contributed by atoms with Crippen LogP contribution >= 0.6 is 11.3 Å². The van der Waals surface area contributed by atoms with E-state index < -0.39 is 29.5 Å². The molecule has 0 unspecified atom stereocenters. The number of thiazole rings is 1. The molecule has 1 saturated carbocycles. The number of rotatable bonds is 21. The fraction of sp³-hybridized carbons (Fsp3) is 0.544. The Hall–Kier alpha value is -6.48. The van der Waals surface area contributed by atoms with Crippen molar-refractivity contribution in [1.82, 2.24) is 45.3 Å². The first-order valence-electron chi connectivity index (χ1n) is 27.2. The normalized spacial score (nSPS) is 19.5. The summed E-state index contributed by atoms with van der Waals surface area (Å²) in [6.07, 6.45) is 6.49. The molecule has 2 aliphatic heterocycles. The van der Waals surface area contributed by atoms with Crippen LogP contribution in [0.25, 0.3) is 21.5 Å². The van der Waals surface area contributed by atoms with Crippen LogP contribution in [-0.2, 0) is 30.5 Å². The van der Waals surface area contributed by atoms with E-state index in [9.17, 15) is 29.1 Å². The number of anilines is 3. The van der Waals surface area contributed by atoms with Gasteiger partial charge in [0.05, 0.1) is 41.6 Å². The van der Waals surface area contributed by atoms with Crippen LogP contribution in [0.5, 0.6) is 5.75 Å². The largest absolute Gasteiger partial charge is 0.494 e. The molecule has 5 N–H and O–H groups in total. The third kappa shape index (κ3) is 14.4. The first-order chi connectivity index (χ1) is 37.0. The minimum atomic E-state index is -0.909. The van der Waals surface area contributed by atoms with Gasteiger partial charge in [-0.2, -0.15) is 4.98 Å². The molecule has 4 amide bonds. The number of carbonyl (C=O) groups excluding carboxylic acids is 4. The van der Waals surface area contributed by atoms with E-state index in [-0.39, 0.29) is 67.9 Å². The van der Waals surface area contributed by atoms with E-state index in [1.165, 1.54) is 4.90 Å². The summed E-state index contributed by atoms with van der Waals surface area (Å²) < 4.78 is 13.5. The first kappa shape index (κ1) is 56.7. The Morgan fingerprint density at radius 2 is 1.68 bits per heavy atom. The topological polar surface area (TPSA) is 225 Å². The lowest BCUT2D eigenvalue weighted by Gasteiger charge is -2.36. The minimum Gasteiger partial charge on any atom is -0.494 e. The summed E-state index contributed by atoms with van der Waals surface area (Å²) in [7, 11) is 1.64. The van der Waals surface area contributed by atoms with E-state index in [0.29, 0.717) is 36.1 Å². The van der Waals surface area contributed by atoms with Gasteiger partial charge in [-0.3, -0.25) is 33.4 Å². The Bertz CT molecular complexity index is 2910. The van der Waals surface area contributed by atoms with Gasteiger partial charge in [0.1, 0.15) is 23.5 Å². The third-order valence-corrected chi connectivity index (χ3v) is 16.1. The number of aryl methyl sites for hydroxylation is 2. The molecular weight excluding hydrogens is 999 g/mol. The van der Waals surface area contributed by atoms with Crippen LogP contribution in [0.3, 0.4) is 0 Å². The molecule has 5 heterocycles. The molecule has 3 fully saturated rings. The molecule has 77 heavy (non-hydrogen) atoms. The van der Waals surface area contributed by atoms with Gasteiger partial charge in [-0.25, -0.2) is 9.97 Å². The zero-order chi connectivity index (χ0) is 54.8. The highest BCUT2D eigenvalue weighted by Crippen LogP contribution is 2.35. The van der Waals surface area contributed by atoms with Crippen molar-refractivity contribution >= 4 is 63.3 Å². The Kier molecular flexibility index (Phi) is 19.0. The van der Waals surface area contributed by atoms with Gasteiger partial charge in [-0.05, 0) is 93.2 Å². The number of nitrogens with zero attached hydrogens (tertiary/aromatic N) is 7. The van der Waals surface area contributed by atoms with Crippen LogP contribution in [0, 0.1) is 19.3 Å². The number of hydrogen-bond acceptors (Lipinski definition) is 15. The number of pyridine rings is 1. The molecule has 5 aromatic rings. The van der Waals surface area contributed by atoms with Crippen molar-refractivity contribution in [2.24, 2.45) is 5.41 Å². The van der Waals surface area contributed by atoms with Gasteiger partial charge < -0.3 is 45.6 Å². The van der Waals surface area contributed by atoms with Crippen LogP contribution in [0.1, 0.15) is 108 Å². The summed E-state index contributed by atoms with van der Waals surface area (Å²) in [5, 5.41) is 23.8. The van der Waals surface area contributed by atoms with Crippen LogP contribution < -0.4 is 36.5 Å². The molecule has 2 aromatic carbocycles. The van der Waals surface area contributed by atoms with Gasteiger partial charge in [-0.15, -0.1) is 11.3 Å². The Morgan fingerprint density at radius 1 is 0.922 bits per heavy atom. The molecule has 0 spiro atoms. The summed E-state index contributed by atoms with van der Waals surface area (Å²) in [6.45, 7) is 16.8. The van der Waals surface area contributed by atoms with Crippen molar-refractivity contribution in [3.8, 4) is 16.2 Å². The number of aliphatic hydroxyl groups is 1. The molecule has 3 aromatic heterocycles. The molecule has 19 nitrogen and oxygen atoms in total.